The Morgan fingerprint density at radius 3 is 1.84 bits per heavy atom. The molecule has 31 heavy (non-hydrogen) atoms. The number of carbonyl (C=O) groups is 2. The van der Waals surface area contributed by atoms with Crippen LogP contribution in [0.15, 0.2) is 30.3 Å². The molecule has 1 radical (unpaired) electrons. The van der Waals surface area contributed by atoms with Gasteiger partial charge in [-0.15, -0.1) is 0 Å². The Hall–Kier alpha value is -1.72. The van der Waals surface area contributed by atoms with Gasteiger partial charge >= 0.3 is 11.9 Å². The van der Waals surface area contributed by atoms with E-state index in [1.165, 1.54) is 87.0 Å². The predicted octanol–water partition coefficient (Wildman–Crippen LogP) is 6.70. The topological polar surface area (TPSA) is 52.5 Å². The first-order valence-electron chi connectivity index (χ1n) is 12.5. The summed E-state index contributed by atoms with van der Waals surface area (Å²) in [4.78, 5) is 31.4. The number of urea groups is 1. The maximum Gasteiger partial charge on any atom is 0.500 e. The van der Waals surface area contributed by atoms with E-state index in [1.807, 2.05) is 30.3 Å². The van der Waals surface area contributed by atoms with Crippen LogP contribution in [0.3, 0.4) is 0 Å². The predicted molar refractivity (Wildman–Crippen MR) is 126 cm³/mol. The molecule has 0 atom stereocenters. The van der Waals surface area contributed by atoms with E-state index in [1.54, 1.807) is 0 Å². The Bertz CT molecular complexity index is 620. The van der Waals surface area contributed by atoms with Gasteiger partial charge in [-0.25, -0.2) is 4.79 Å². The second-order valence-electron chi connectivity index (χ2n) is 8.71. The van der Waals surface area contributed by atoms with Crippen LogP contribution in [0.2, 0.25) is 0 Å². The Balaban J connectivity index is 1.42. The van der Waals surface area contributed by atoms with Crippen molar-refractivity contribution in [1.29, 1.82) is 0 Å². The first-order chi connectivity index (χ1) is 15.2. The van der Waals surface area contributed by atoms with Gasteiger partial charge in [-0.3, -0.25) is 4.84 Å². The number of hydrogen-bond acceptors (Lipinski definition) is 3. The largest absolute Gasteiger partial charge is 0.500 e. The molecule has 2 rings (SSSR count). The molecule has 1 aromatic rings. The maximum atomic E-state index is 12.4. The number of unbranched alkanes of at least 4 members (excludes halogenated alkanes) is 13. The van der Waals surface area contributed by atoms with Gasteiger partial charge in [-0.2, -0.15) is 9.86 Å². The fourth-order valence-corrected chi connectivity index (χ4v) is 4.01. The van der Waals surface area contributed by atoms with Gasteiger partial charge in [-0.05, 0) is 11.3 Å². The molecular formula is C26H42N2O3+. The van der Waals surface area contributed by atoms with E-state index in [4.69, 9.17) is 4.84 Å². The van der Waals surface area contributed by atoms with E-state index >= 15 is 0 Å². The molecule has 1 aromatic carbocycles. The van der Waals surface area contributed by atoms with Crippen molar-refractivity contribution in [2.45, 2.75) is 103 Å². The summed E-state index contributed by atoms with van der Waals surface area (Å²) in [7, 11) is 0. The molecule has 0 unspecified atom stereocenters. The number of amides is 3. The van der Waals surface area contributed by atoms with Gasteiger partial charge in [0.2, 0.25) is 0 Å². The van der Waals surface area contributed by atoms with Gasteiger partial charge in [0.25, 0.3) is 0 Å². The summed E-state index contributed by atoms with van der Waals surface area (Å²) in [5.41, 5.74) is 0.943. The van der Waals surface area contributed by atoms with Gasteiger partial charge in [0, 0.05) is 5.56 Å². The van der Waals surface area contributed by atoms with Crippen LogP contribution in [0, 0.1) is 0 Å². The van der Waals surface area contributed by atoms with Crippen molar-refractivity contribution in [2.75, 3.05) is 13.2 Å². The van der Waals surface area contributed by atoms with Crippen LogP contribution >= 0.6 is 0 Å². The van der Waals surface area contributed by atoms with Gasteiger partial charge < -0.3 is 0 Å². The van der Waals surface area contributed by atoms with Crippen molar-refractivity contribution in [3.8, 4) is 0 Å². The Kier molecular flexibility index (Phi) is 13.2. The highest BCUT2D eigenvalue weighted by atomic mass is 16.7. The number of imide groups is 1. The van der Waals surface area contributed by atoms with E-state index in [0.717, 1.165) is 18.4 Å². The van der Waals surface area contributed by atoms with Crippen molar-refractivity contribution >= 4 is 11.9 Å². The molecule has 0 aliphatic carbocycles. The number of benzene rings is 1. The van der Waals surface area contributed by atoms with Crippen LogP contribution in [-0.4, -0.2) is 30.2 Å². The van der Waals surface area contributed by atoms with Crippen LogP contribution in [0.4, 0.5) is 4.79 Å². The zero-order chi connectivity index (χ0) is 22.2. The highest BCUT2D eigenvalue weighted by molar-refractivity contribution is 6.04. The molecule has 0 N–H and O–H groups in total. The molecule has 5 nitrogen and oxygen atoms in total. The monoisotopic (exact) mass is 430 g/mol. The molecule has 1 aliphatic heterocycles. The van der Waals surface area contributed by atoms with Crippen molar-refractivity contribution in [2.24, 2.45) is 0 Å². The number of nitrogens with zero attached hydrogens (tertiary/aromatic N) is 2. The first kappa shape index (κ1) is 25.5. The van der Waals surface area contributed by atoms with Gasteiger partial charge in [0.15, 0.2) is 13.1 Å². The minimum Gasteiger partial charge on any atom is -0.266 e. The lowest BCUT2D eigenvalue weighted by Gasteiger charge is -2.10. The third-order valence-electron chi connectivity index (χ3n) is 5.95. The summed E-state index contributed by atoms with van der Waals surface area (Å²) in [6, 6.07) is 9.22. The van der Waals surface area contributed by atoms with E-state index in [0.29, 0.717) is 13.2 Å². The first-order valence-corrected chi connectivity index (χ1v) is 12.5. The zero-order valence-corrected chi connectivity index (χ0v) is 19.5. The smallest absolute Gasteiger partial charge is 0.266 e. The molecule has 1 aliphatic rings. The molecule has 0 spiro atoms. The van der Waals surface area contributed by atoms with Gasteiger partial charge in [-0.1, -0.05) is 121 Å². The lowest BCUT2D eigenvalue weighted by atomic mass is 10.0. The van der Waals surface area contributed by atoms with E-state index < -0.39 is 0 Å². The number of hydroxylamine groups is 2. The molecule has 1 heterocycles. The van der Waals surface area contributed by atoms with Crippen molar-refractivity contribution in [3.63, 3.8) is 0 Å². The SMILES string of the molecule is CCCCCCCCCCCCCCCCON1CC(=O)[N+](Cc2ccccc2)C1=O. The highest BCUT2D eigenvalue weighted by Gasteiger charge is 2.49. The van der Waals surface area contributed by atoms with Crippen LogP contribution < -0.4 is 4.90 Å². The Morgan fingerprint density at radius 2 is 1.29 bits per heavy atom. The van der Waals surface area contributed by atoms with Crippen molar-refractivity contribution in [3.05, 3.63) is 35.9 Å². The molecule has 0 bridgehead atoms. The Labute approximate surface area is 189 Å². The molecular weight excluding hydrogens is 388 g/mol. The third-order valence-corrected chi connectivity index (χ3v) is 5.95. The maximum absolute atomic E-state index is 12.4. The summed E-state index contributed by atoms with van der Waals surface area (Å²) in [6.07, 6.45) is 18.3. The summed E-state index contributed by atoms with van der Waals surface area (Å²) < 4.78 is 0. The molecule has 0 saturated carbocycles. The minimum atomic E-state index is -0.348. The normalized spacial score (nSPS) is 14.7. The van der Waals surface area contributed by atoms with E-state index in [2.05, 4.69) is 6.92 Å². The number of rotatable bonds is 18. The minimum absolute atomic E-state index is 0.0181. The van der Waals surface area contributed by atoms with Crippen molar-refractivity contribution < 1.29 is 14.4 Å². The highest BCUT2D eigenvalue weighted by Crippen LogP contribution is 2.15. The molecule has 5 heteroatoms. The van der Waals surface area contributed by atoms with Crippen LogP contribution in [0.1, 0.15) is 102 Å². The second-order valence-corrected chi connectivity index (χ2v) is 8.71. The quantitative estimate of drug-likeness (QED) is 0.148. The summed E-state index contributed by atoms with van der Waals surface area (Å²) in [6.45, 7) is 3.09. The lowest BCUT2D eigenvalue weighted by Crippen LogP contribution is -2.37. The molecule has 3 amide bonds. The average Bonchev–Trinajstić information content (AvgIpc) is 3.04. The molecule has 0 aromatic heterocycles. The van der Waals surface area contributed by atoms with E-state index in [9.17, 15) is 9.59 Å². The van der Waals surface area contributed by atoms with Crippen molar-refractivity contribution in [1.82, 2.24) is 9.96 Å². The lowest BCUT2D eigenvalue weighted by molar-refractivity contribution is -0.131. The number of carbonyl (C=O) groups excluding carboxylic acids is 2. The molecule has 1 fully saturated rings. The zero-order valence-electron chi connectivity index (χ0n) is 19.5. The second kappa shape index (κ2) is 16.0. The van der Waals surface area contributed by atoms with Gasteiger partial charge in [0.05, 0.1) is 6.61 Å². The number of hydrogen-bond donors (Lipinski definition) is 0. The third kappa shape index (κ3) is 10.4. The standard InChI is InChI=1S/C26H42N2O3/c1-2-3-4-5-6-7-8-9-10-11-12-13-14-18-21-31-28-23-25(29)27(26(28)30)22-24-19-16-15-17-20-24/h15-17,19-20H,2-14,18,21-23H2,1H3/q+1. The average molecular weight is 431 g/mol. The van der Waals surface area contributed by atoms with E-state index in [-0.39, 0.29) is 18.5 Å². The van der Waals surface area contributed by atoms with Crippen LogP contribution in [0.5, 0.6) is 0 Å². The summed E-state index contributed by atoms with van der Waals surface area (Å²) >= 11 is 0. The molecule has 1 saturated heterocycles. The summed E-state index contributed by atoms with van der Waals surface area (Å²) in [5, 5.41) is 1.22. The van der Waals surface area contributed by atoms with Gasteiger partial charge in [0.1, 0.15) is 0 Å². The Morgan fingerprint density at radius 1 is 0.774 bits per heavy atom. The van der Waals surface area contributed by atoms with Crippen LogP contribution in [0.25, 0.3) is 0 Å². The summed E-state index contributed by atoms with van der Waals surface area (Å²) in [5.74, 6) is -0.199. The fraction of sp³-hybridized carbons (Fsp3) is 0.692. The fourth-order valence-electron chi connectivity index (χ4n) is 4.01. The van der Waals surface area contributed by atoms with Crippen LogP contribution in [-0.2, 0) is 16.2 Å². The molecule has 173 valence electrons.